The second-order valence-corrected chi connectivity index (χ2v) is 6.53. The van der Waals surface area contributed by atoms with Crippen molar-refractivity contribution in [2.24, 2.45) is 0 Å². The van der Waals surface area contributed by atoms with Crippen LogP contribution in [0.1, 0.15) is 16.5 Å². The molecule has 126 valence electrons. The molecule has 0 radical (unpaired) electrons. The number of rotatable bonds is 6. The fraction of sp³-hybridized carbons (Fsp3) is 0.333. The summed E-state index contributed by atoms with van der Waals surface area (Å²) in [6.45, 7) is 0.676. The number of hydrogen-bond acceptors (Lipinski definition) is 5. The van der Waals surface area contributed by atoms with Crippen molar-refractivity contribution in [3.8, 4) is 11.5 Å². The Balaban J connectivity index is 1.80. The number of hydrogen-bond donors (Lipinski definition) is 0. The summed E-state index contributed by atoms with van der Waals surface area (Å²) < 4.78 is 10.8. The van der Waals surface area contributed by atoms with Crippen molar-refractivity contribution in [2.75, 3.05) is 26.5 Å². The molecule has 0 N–H and O–H groups in total. The molecular formula is C18H20N2O3S. The van der Waals surface area contributed by atoms with Gasteiger partial charge in [-0.2, -0.15) is 0 Å². The number of aromatic nitrogens is 1. The van der Waals surface area contributed by atoms with E-state index in [0.29, 0.717) is 12.3 Å². The van der Waals surface area contributed by atoms with Crippen molar-refractivity contribution >= 4 is 17.7 Å². The molecule has 3 rings (SSSR count). The maximum absolute atomic E-state index is 12.3. The summed E-state index contributed by atoms with van der Waals surface area (Å²) in [5.74, 6) is 2.15. The molecule has 1 amide bonds. The topological polar surface area (TPSA) is 51.7 Å². The summed E-state index contributed by atoms with van der Waals surface area (Å²) in [5, 5.41) is -0.0276. The predicted molar refractivity (Wildman–Crippen MR) is 94.4 cm³/mol. The lowest BCUT2D eigenvalue weighted by molar-refractivity contribution is -0.128. The molecule has 1 aromatic heterocycles. The third-order valence-electron chi connectivity index (χ3n) is 4.07. The quantitative estimate of drug-likeness (QED) is 0.806. The normalized spacial score (nSPS) is 17.2. The van der Waals surface area contributed by atoms with Crippen LogP contribution < -0.4 is 9.47 Å². The molecule has 1 atom stereocenters. The van der Waals surface area contributed by atoms with Crippen LogP contribution in [0.4, 0.5) is 0 Å². The van der Waals surface area contributed by atoms with Gasteiger partial charge in [0.25, 0.3) is 0 Å². The van der Waals surface area contributed by atoms with E-state index in [1.807, 2.05) is 35.2 Å². The van der Waals surface area contributed by atoms with Crippen LogP contribution in [-0.4, -0.2) is 42.3 Å². The number of amides is 1. The van der Waals surface area contributed by atoms with Crippen molar-refractivity contribution in [1.82, 2.24) is 9.88 Å². The second-order valence-electron chi connectivity index (χ2n) is 5.46. The summed E-state index contributed by atoms with van der Waals surface area (Å²) in [4.78, 5) is 18.3. The van der Waals surface area contributed by atoms with E-state index in [1.165, 1.54) is 5.56 Å². The lowest BCUT2D eigenvalue weighted by Gasteiger charge is -2.25. The van der Waals surface area contributed by atoms with Gasteiger partial charge in [0, 0.05) is 30.6 Å². The van der Waals surface area contributed by atoms with Crippen LogP contribution in [0.5, 0.6) is 11.5 Å². The fourth-order valence-corrected chi connectivity index (χ4v) is 4.02. The Labute approximate surface area is 146 Å². The zero-order valence-electron chi connectivity index (χ0n) is 13.8. The van der Waals surface area contributed by atoms with Crippen molar-refractivity contribution in [3.05, 3.63) is 53.9 Å². The summed E-state index contributed by atoms with van der Waals surface area (Å²) in [5.41, 5.74) is 2.18. The zero-order valence-corrected chi connectivity index (χ0v) is 14.6. The number of nitrogens with zero attached hydrogens (tertiary/aromatic N) is 2. The van der Waals surface area contributed by atoms with Crippen LogP contribution in [0.2, 0.25) is 0 Å². The van der Waals surface area contributed by atoms with E-state index in [2.05, 4.69) is 4.98 Å². The van der Waals surface area contributed by atoms with Gasteiger partial charge in [-0.3, -0.25) is 9.78 Å². The number of pyridine rings is 1. The molecule has 24 heavy (non-hydrogen) atoms. The summed E-state index contributed by atoms with van der Waals surface area (Å²) >= 11 is 1.63. The highest BCUT2D eigenvalue weighted by Crippen LogP contribution is 2.43. The van der Waals surface area contributed by atoms with Gasteiger partial charge in [0.15, 0.2) is 0 Å². The first-order chi connectivity index (χ1) is 11.7. The molecule has 0 spiro atoms. The number of thioether (sulfide) groups is 1. The van der Waals surface area contributed by atoms with Gasteiger partial charge in [-0.25, -0.2) is 0 Å². The molecule has 0 saturated carbocycles. The van der Waals surface area contributed by atoms with Gasteiger partial charge in [-0.15, -0.1) is 11.8 Å². The molecule has 1 fully saturated rings. The van der Waals surface area contributed by atoms with Crippen LogP contribution >= 0.6 is 11.8 Å². The Morgan fingerprint density at radius 1 is 1.21 bits per heavy atom. The van der Waals surface area contributed by atoms with Gasteiger partial charge < -0.3 is 14.4 Å². The molecule has 1 aromatic carbocycles. The van der Waals surface area contributed by atoms with Crippen molar-refractivity contribution < 1.29 is 14.3 Å². The Morgan fingerprint density at radius 2 is 2.00 bits per heavy atom. The highest BCUT2D eigenvalue weighted by atomic mass is 32.2. The molecule has 1 unspecified atom stereocenters. The van der Waals surface area contributed by atoms with Crippen LogP contribution in [0, 0.1) is 0 Å². The number of ether oxygens (including phenoxy) is 2. The van der Waals surface area contributed by atoms with Crippen molar-refractivity contribution in [3.63, 3.8) is 0 Å². The van der Waals surface area contributed by atoms with Crippen LogP contribution in [-0.2, 0) is 11.2 Å². The Morgan fingerprint density at radius 3 is 2.71 bits per heavy atom. The van der Waals surface area contributed by atoms with E-state index in [9.17, 15) is 4.79 Å². The van der Waals surface area contributed by atoms with E-state index >= 15 is 0 Å². The molecule has 1 aliphatic heterocycles. The maximum atomic E-state index is 12.3. The highest BCUT2D eigenvalue weighted by Gasteiger charge is 2.34. The Kier molecular flexibility index (Phi) is 5.25. The van der Waals surface area contributed by atoms with Gasteiger partial charge in [0.05, 0.1) is 20.0 Å². The number of methoxy groups -OCH3 is 2. The van der Waals surface area contributed by atoms with E-state index in [1.54, 1.807) is 38.4 Å². The first-order valence-corrected chi connectivity index (χ1v) is 8.79. The average molecular weight is 344 g/mol. The van der Waals surface area contributed by atoms with Crippen LogP contribution in [0.3, 0.4) is 0 Å². The third-order valence-corrected chi connectivity index (χ3v) is 5.30. The van der Waals surface area contributed by atoms with Gasteiger partial charge in [-0.05, 0) is 36.2 Å². The molecule has 6 heteroatoms. The lowest BCUT2D eigenvalue weighted by atomic mass is 10.1. The molecule has 5 nitrogen and oxygen atoms in total. The lowest BCUT2D eigenvalue weighted by Crippen LogP contribution is -2.30. The Bertz CT molecular complexity index is 709. The molecule has 0 bridgehead atoms. The minimum absolute atomic E-state index is 0.0276. The SMILES string of the molecule is COc1ccc(C2SCC(=O)N2CCc2ccncc2)c(OC)c1. The first-order valence-electron chi connectivity index (χ1n) is 7.75. The van der Waals surface area contributed by atoms with Gasteiger partial charge in [0.1, 0.15) is 16.9 Å². The van der Waals surface area contributed by atoms with Gasteiger partial charge in [0.2, 0.25) is 5.91 Å². The number of carbonyl (C=O) groups is 1. The molecule has 1 saturated heterocycles. The largest absolute Gasteiger partial charge is 0.497 e. The molecule has 0 aliphatic carbocycles. The van der Waals surface area contributed by atoms with Crippen LogP contribution in [0.15, 0.2) is 42.7 Å². The van der Waals surface area contributed by atoms with Crippen LogP contribution in [0.25, 0.3) is 0 Å². The molecule has 2 aromatic rings. The predicted octanol–water partition coefficient (Wildman–Crippen LogP) is 2.92. The van der Waals surface area contributed by atoms with Crippen molar-refractivity contribution in [2.45, 2.75) is 11.8 Å². The third kappa shape index (κ3) is 3.48. The maximum Gasteiger partial charge on any atom is 0.233 e. The molecule has 2 heterocycles. The van der Waals surface area contributed by atoms with E-state index < -0.39 is 0 Å². The summed E-state index contributed by atoms with van der Waals surface area (Å²) in [7, 11) is 3.27. The second kappa shape index (κ2) is 7.57. The highest BCUT2D eigenvalue weighted by molar-refractivity contribution is 8.00. The van der Waals surface area contributed by atoms with E-state index in [0.717, 1.165) is 23.5 Å². The minimum Gasteiger partial charge on any atom is -0.497 e. The number of carbonyl (C=O) groups excluding carboxylic acids is 1. The standard InChI is InChI=1S/C18H20N2O3S/c1-22-14-3-4-15(16(11-14)23-2)18-20(17(21)12-24-18)10-7-13-5-8-19-9-6-13/h3-6,8-9,11,18H,7,10,12H2,1-2H3. The molecular weight excluding hydrogens is 324 g/mol. The van der Waals surface area contributed by atoms with Gasteiger partial charge >= 0.3 is 0 Å². The first kappa shape index (κ1) is 16.6. The average Bonchev–Trinajstić information content (AvgIpc) is 3.00. The zero-order chi connectivity index (χ0) is 16.9. The summed E-state index contributed by atoms with van der Waals surface area (Å²) in [6.07, 6.45) is 4.36. The van der Waals surface area contributed by atoms with Crippen molar-refractivity contribution in [1.29, 1.82) is 0 Å². The van der Waals surface area contributed by atoms with E-state index in [4.69, 9.17) is 9.47 Å². The Hall–Kier alpha value is -2.21. The smallest absolute Gasteiger partial charge is 0.233 e. The van der Waals surface area contributed by atoms with Gasteiger partial charge in [-0.1, -0.05) is 0 Å². The summed E-state index contributed by atoms with van der Waals surface area (Å²) in [6, 6.07) is 9.71. The molecule has 1 aliphatic rings. The number of benzene rings is 1. The fourth-order valence-electron chi connectivity index (χ4n) is 2.77. The van der Waals surface area contributed by atoms with E-state index in [-0.39, 0.29) is 11.3 Å². The minimum atomic E-state index is -0.0276. The monoisotopic (exact) mass is 344 g/mol.